The van der Waals surface area contributed by atoms with Crippen molar-refractivity contribution >= 4 is 18.0 Å². The Morgan fingerprint density at radius 2 is 2.05 bits per heavy atom. The molecule has 1 heterocycles. The monoisotopic (exact) mass is 274 g/mol. The number of hydrogen-bond donors (Lipinski definition) is 4. The molecule has 1 aliphatic heterocycles. The summed E-state index contributed by atoms with van der Waals surface area (Å²) in [4.78, 5) is 32.7. The van der Waals surface area contributed by atoms with Crippen molar-refractivity contribution < 1.29 is 29.3 Å². The number of carboxylic acid groups (broad SMARTS) is 2. The van der Waals surface area contributed by atoms with E-state index in [9.17, 15) is 14.4 Å². The van der Waals surface area contributed by atoms with Gasteiger partial charge in [0.15, 0.2) is 0 Å². The molecular formula is C11H18N2O6. The molecular weight excluding hydrogens is 256 g/mol. The standard InChI is InChI=1S/C11H18N2O6/c1-11(3-2-4-19-11)6-12-10(18)13-7(9(16)17)5-8(14)15/h7H,2-6H2,1H3,(H,14,15)(H,16,17)(H2,12,13,18). The van der Waals surface area contributed by atoms with Crippen LogP contribution in [0.2, 0.25) is 0 Å². The van der Waals surface area contributed by atoms with Crippen LogP contribution in [0.1, 0.15) is 26.2 Å². The van der Waals surface area contributed by atoms with Crippen molar-refractivity contribution in [2.24, 2.45) is 0 Å². The van der Waals surface area contributed by atoms with Crippen LogP contribution < -0.4 is 10.6 Å². The largest absolute Gasteiger partial charge is 0.481 e. The zero-order valence-electron chi connectivity index (χ0n) is 10.6. The molecule has 2 unspecified atom stereocenters. The zero-order valence-corrected chi connectivity index (χ0v) is 10.6. The minimum atomic E-state index is -1.45. The van der Waals surface area contributed by atoms with Crippen molar-refractivity contribution in [3.63, 3.8) is 0 Å². The summed E-state index contributed by atoms with van der Waals surface area (Å²) in [6.45, 7) is 2.74. The van der Waals surface area contributed by atoms with Gasteiger partial charge in [0.25, 0.3) is 0 Å². The fourth-order valence-electron chi connectivity index (χ4n) is 1.83. The number of amides is 2. The maximum absolute atomic E-state index is 11.5. The number of carbonyl (C=O) groups is 3. The summed E-state index contributed by atoms with van der Waals surface area (Å²) in [5.74, 6) is -2.68. The molecule has 0 aliphatic carbocycles. The number of rotatable bonds is 6. The Labute approximate surface area is 110 Å². The van der Waals surface area contributed by atoms with Crippen molar-refractivity contribution in [3.8, 4) is 0 Å². The van der Waals surface area contributed by atoms with E-state index in [1.54, 1.807) is 0 Å². The highest BCUT2D eigenvalue weighted by atomic mass is 16.5. The second-order valence-corrected chi connectivity index (χ2v) is 4.72. The van der Waals surface area contributed by atoms with E-state index in [1.807, 2.05) is 6.92 Å². The maximum Gasteiger partial charge on any atom is 0.326 e. The first-order chi connectivity index (χ1) is 8.82. The molecule has 0 radical (unpaired) electrons. The molecule has 1 fully saturated rings. The van der Waals surface area contributed by atoms with Gasteiger partial charge >= 0.3 is 18.0 Å². The van der Waals surface area contributed by atoms with Crippen LogP contribution in [-0.4, -0.2) is 53.0 Å². The normalized spacial score (nSPS) is 23.6. The van der Waals surface area contributed by atoms with Crippen LogP contribution in [0.25, 0.3) is 0 Å². The van der Waals surface area contributed by atoms with Gasteiger partial charge in [-0.25, -0.2) is 9.59 Å². The lowest BCUT2D eigenvalue weighted by Gasteiger charge is -2.24. The first kappa shape index (κ1) is 15.2. The number of ether oxygens (including phenoxy) is 1. The van der Waals surface area contributed by atoms with Gasteiger partial charge < -0.3 is 25.6 Å². The molecule has 4 N–H and O–H groups in total. The van der Waals surface area contributed by atoms with E-state index in [-0.39, 0.29) is 6.54 Å². The lowest BCUT2D eigenvalue weighted by atomic mass is 10.0. The minimum absolute atomic E-state index is 0.248. The predicted octanol–water partition coefficient (Wildman–Crippen LogP) is -0.217. The highest BCUT2D eigenvalue weighted by Gasteiger charge is 2.30. The van der Waals surface area contributed by atoms with Crippen LogP contribution >= 0.6 is 0 Å². The molecule has 8 nitrogen and oxygen atoms in total. The molecule has 0 spiro atoms. The van der Waals surface area contributed by atoms with E-state index < -0.39 is 36.0 Å². The summed E-state index contributed by atoms with van der Waals surface area (Å²) >= 11 is 0. The Hall–Kier alpha value is -1.83. The number of carboxylic acids is 2. The van der Waals surface area contributed by atoms with E-state index in [0.29, 0.717) is 6.61 Å². The fraction of sp³-hybridized carbons (Fsp3) is 0.727. The minimum Gasteiger partial charge on any atom is -0.481 e. The molecule has 0 aromatic carbocycles. The van der Waals surface area contributed by atoms with Crippen molar-refractivity contribution in [2.75, 3.05) is 13.2 Å². The summed E-state index contributed by atoms with van der Waals surface area (Å²) in [5.41, 5.74) is -0.442. The van der Waals surface area contributed by atoms with Crippen molar-refractivity contribution in [1.29, 1.82) is 0 Å². The third-order valence-corrected chi connectivity index (χ3v) is 2.91. The first-order valence-electron chi connectivity index (χ1n) is 5.95. The zero-order chi connectivity index (χ0) is 14.5. The van der Waals surface area contributed by atoms with E-state index >= 15 is 0 Å². The average molecular weight is 274 g/mol. The van der Waals surface area contributed by atoms with Crippen molar-refractivity contribution in [1.82, 2.24) is 10.6 Å². The van der Waals surface area contributed by atoms with E-state index in [4.69, 9.17) is 14.9 Å². The Morgan fingerprint density at radius 1 is 1.37 bits per heavy atom. The van der Waals surface area contributed by atoms with Crippen LogP contribution in [0.5, 0.6) is 0 Å². The molecule has 1 saturated heterocycles. The quantitative estimate of drug-likeness (QED) is 0.531. The second kappa shape index (κ2) is 6.37. The highest BCUT2D eigenvalue weighted by Crippen LogP contribution is 2.23. The first-order valence-corrected chi connectivity index (χ1v) is 5.95. The predicted molar refractivity (Wildman–Crippen MR) is 63.8 cm³/mol. The van der Waals surface area contributed by atoms with Crippen LogP contribution in [0.15, 0.2) is 0 Å². The molecule has 19 heavy (non-hydrogen) atoms. The maximum atomic E-state index is 11.5. The fourth-order valence-corrected chi connectivity index (χ4v) is 1.83. The average Bonchev–Trinajstić information content (AvgIpc) is 2.73. The van der Waals surface area contributed by atoms with Crippen LogP contribution in [0.4, 0.5) is 4.79 Å². The van der Waals surface area contributed by atoms with Crippen molar-refractivity contribution in [2.45, 2.75) is 37.8 Å². The van der Waals surface area contributed by atoms with Gasteiger partial charge in [-0.3, -0.25) is 4.79 Å². The van der Waals surface area contributed by atoms with Gasteiger partial charge in [-0.05, 0) is 19.8 Å². The number of hydrogen-bond acceptors (Lipinski definition) is 4. The van der Waals surface area contributed by atoms with Gasteiger partial charge in [-0.15, -0.1) is 0 Å². The number of aliphatic carboxylic acids is 2. The van der Waals surface area contributed by atoms with Gasteiger partial charge in [0, 0.05) is 13.2 Å². The molecule has 108 valence electrons. The second-order valence-electron chi connectivity index (χ2n) is 4.72. The van der Waals surface area contributed by atoms with Crippen LogP contribution in [0, 0.1) is 0 Å². The van der Waals surface area contributed by atoms with E-state index in [0.717, 1.165) is 12.8 Å². The van der Waals surface area contributed by atoms with Crippen molar-refractivity contribution in [3.05, 3.63) is 0 Å². The molecule has 0 aromatic rings. The molecule has 2 amide bonds. The third-order valence-electron chi connectivity index (χ3n) is 2.91. The lowest BCUT2D eigenvalue weighted by Crippen LogP contribution is -2.50. The summed E-state index contributed by atoms with van der Waals surface area (Å²) in [6.07, 6.45) is 1.05. The Morgan fingerprint density at radius 3 is 2.53 bits per heavy atom. The number of nitrogens with one attached hydrogen (secondary N) is 2. The molecule has 1 aliphatic rings. The van der Waals surface area contributed by atoms with E-state index in [2.05, 4.69) is 10.6 Å². The Balaban J connectivity index is 2.40. The van der Waals surface area contributed by atoms with Gasteiger partial charge in [-0.2, -0.15) is 0 Å². The summed E-state index contributed by atoms with van der Waals surface area (Å²) < 4.78 is 5.45. The third kappa shape index (κ3) is 5.12. The van der Waals surface area contributed by atoms with Crippen LogP contribution in [0.3, 0.4) is 0 Å². The SMILES string of the molecule is CC1(CNC(=O)NC(CC(=O)O)C(=O)O)CCCO1. The summed E-state index contributed by atoms with van der Waals surface area (Å²) in [6, 6.07) is -2.17. The van der Waals surface area contributed by atoms with Gasteiger partial charge in [0.2, 0.25) is 0 Å². The van der Waals surface area contributed by atoms with Gasteiger partial charge in [-0.1, -0.05) is 0 Å². The smallest absolute Gasteiger partial charge is 0.326 e. The molecule has 2 atom stereocenters. The summed E-state index contributed by atoms with van der Waals surface area (Å²) in [5, 5.41) is 21.9. The number of urea groups is 1. The molecule has 0 saturated carbocycles. The molecule has 1 rings (SSSR count). The van der Waals surface area contributed by atoms with Crippen LogP contribution in [-0.2, 0) is 14.3 Å². The molecule has 0 aromatic heterocycles. The molecule has 8 heteroatoms. The topological polar surface area (TPSA) is 125 Å². The Kier molecular flexibility index (Phi) is 5.11. The lowest BCUT2D eigenvalue weighted by molar-refractivity contribution is -0.145. The summed E-state index contributed by atoms with van der Waals surface area (Å²) in [7, 11) is 0. The highest BCUT2D eigenvalue weighted by molar-refractivity contribution is 5.86. The van der Waals surface area contributed by atoms with Gasteiger partial charge in [0.05, 0.1) is 12.0 Å². The van der Waals surface area contributed by atoms with E-state index in [1.165, 1.54) is 0 Å². The molecule has 0 bridgehead atoms. The Bertz CT molecular complexity index is 364. The van der Waals surface area contributed by atoms with Gasteiger partial charge in [0.1, 0.15) is 6.04 Å². The number of carbonyl (C=O) groups excluding carboxylic acids is 1.